The lowest BCUT2D eigenvalue weighted by molar-refractivity contribution is -0.0674. The minimum atomic E-state index is -0.246. The SMILES string of the molecule is C[C@@]12CO[C@@]3(c4ccccc4)[C@@H](Cc4ccccc4N13)C2. The number of para-hydroxylation sites is 1. The summed E-state index contributed by atoms with van der Waals surface area (Å²) in [5.74, 6) is 0.550. The van der Waals surface area contributed by atoms with E-state index in [9.17, 15) is 0 Å². The van der Waals surface area contributed by atoms with Gasteiger partial charge in [0.05, 0.1) is 12.1 Å². The Labute approximate surface area is 125 Å². The first-order valence-electron chi connectivity index (χ1n) is 7.82. The number of anilines is 1. The highest BCUT2D eigenvalue weighted by Crippen LogP contribution is 2.63. The first-order chi connectivity index (χ1) is 10.2. The molecule has 3 atom stereocenters. The third kappa shape index (κ3) is 1.28. The van der Waals surface area contributed by atoms with E-state index in [0.717, 1.165) is 13.0 Å². The smallest absolute Gasteiger partial charge is 0.171 e. The third-order valence-electron chi connectivity index (χ3n) is 5.60. The molecule has 0 unspecified atom stereocenters. The van der Waals surface area contributed by atoms with Crippen molar-refractivity contribution in [2.45, 2.75) is 31.0 Å². The Balaban J connectivity index is 1.79. The van der Waals surface area contributed by atoms with Gasteiger partial charge in [-0.3, -0.25) is 0 Å². The molecule has 3 aliphatic heterocycles. The minimum absolute atomic E-state index is 0.132. The van der Waals surface area contributed by atoms with Gasteiger partial charge in [-0.05, 0) is 31.4 Å². The lowest BCUT2D eigenvalue weighted by Crippen LogP contribution is -2.49. The molecule has 0 spiro atoms. The fourth-order valence-corrected chi connectivity index (χ4v) is 4.89. The number of hydrogen-bond donors (Lipinski definition) is 0. The first kappa shape index (κ1) is 11.8. The molecule has 0 aliphatic carbocycles. The predicted octanol–water partition coefficient (Wildman–Crippen LogP) is 3.71. The Morgan fingerprint density at radius 1 is 1.05 bits per heavy atom. The van der Waals surface area contributed by atoms with E-state index < -0.39 is 0 Å². The van der Waals surface area contributed by atoms with Crippen molar-refractivity contribution in [2.75, 3.05) is 11.5 Å². The molecule has 2 aromatic carbocycles. The fourth-order valence-electron chi connectivity index (χ4n) is 4.89. The maximum absolute atomic E-state index is 6.48. The van der Waals surface area contributed by atoms with Gasteiger partial charge in [0.25, 0.3) is 0 Å². The zero-order chi connectivity index (χ0) is 14.1. The molecule has 2 saturated heterocycles. The molecule has 21 heavy (non-hydrogen) atoms. The molecule has 0 amide bonds. The molecule has 2 nitrogen and oxygen atoms in total. The van der Waals surface area contributed by atoms with Gasteiger partial charge in [-0.2, -0.15) is 0 Å². The highest BCUT2D eigenvalue weighted by Gasteiger charge is 2.67. The molecule has 2 fully saturated rings. The molecule has 0 radical (unpaired) electrons. The van der Waals surface area contributed by atoms with Gasteiger partial charge >= 0.3 is 0 Å². The highest BCUT2D eigenvalue weighted by molar-refractivity contribution is 5.65. The molecule has 3 aliphatic rings. The molecule has 0 aromatic heterocycles. The summed E-state index contributed by atoms with van der Waals surface area (Å²) in [5, 5.41) is 0. The maximum Gasteiger partial charge on any atom is 0.171 e. The van der Waals surface area contributed by atoms with E-state index in [1.165, 1.54) is 23.2 Å². The van der Waals surface area contributed by atoms with Crippen LogP contribution in [0.4, 0.5) is 5.69 Å². The van der Waals surface area contributed by atoms with Gasteiger partial charge in [0.1, 0.15) is 0 Å². The topological polar surface area (TPSA) is 12.5 Å². The Kier molecular flexibility index (Phi) is 2.08. The van der Waals surface area contributed by atoms with Gasteiger partial charge < -0.3 is 9.64 Å². The molecule has 5 rings (SSSR count). The summed E-state index contributed by atoms with van der Waals surface area (Å²) in [7, 11) is 0. The van der Waals surface area contributed by atoms with Crippen LogP contribution in [-0.2, 0) is 16.9 Å². The van der Waals surface area contributed by atoms with Crippen molar-refractivity contribution in [1.82, 2.24) is 0 Å². The van der Waals surface area contributed by atoms with Gasteiger partial charge in [-0.25, -0.2) is 0 Å². The molecule has 0 saturated carbocycles. The monoisotopic (exact) mass is 277 g/mol. The highest BCUT2D eigenvalue weighted by atomic mass is 16.5. The van der Waals surface area contributed by atoms with Gasteiger partial charge in [0.15, 0.2) is 5.72 Å². The standard InChI is InChI=1S/C19H19NO/c1-18-12-16-11-14-7-5-6-10-17(14)20(18)19(16,21-13-18)15-8-3-2-4-9-15/h2-10,16H,11-13H2,1H3/t16-,18+,19-/m0/s1. The Morgan fingerprint density at radius 3 is 2.67 bits per heavy atom. The predicted molar refractivity (Wildman–Crippen MR) is 83.2 cm³/mol. The van der Waals surface area contributed by atoms with Crippen LogP contribution in [0, 0.1) is 5.92 Å². The van der Waals surface area contributed by atoms with E-state index in [0.29, 0.717) is 5.92 Å². The summed E-state index contributed by atoms with van der Waals surface area (Å²) in [6.45, 7) is 3.19. The molecule has 0 N–H and O–H groups in total. The van der Waals surface area contributed by atoms with Gasteiger partial charge in [-0.1, -0.05) is 48.5 Å². The van der Waals surface area contributed by atoms with Crippen LogP contribution in [-0.4, -0.2) is 12.1 Å². The largest absolute Gasteiger partial charge is 0.349 e. The molecule has 4 bridgehead atoms. The van der Waals surface area contributed by atoms with Crippen LogP contribution in [0.1, 0.15) is 24.5 Å². The van der Waals surface area contributed by atoms with Crippen LogP contribution in [0.25, 0.3) is 0 Å². The zero-order valence-corrected chi connectivity index (χ0v) is 12.3. The number of hydrogen-bond acceptors (Lipinski definition) is 2. The number of benzene rings is 2. The average molecular weight is 277 g/mol. The summed E-state index contributed by atoms with van der Waals surface area (Å²) >= 11 is 0. The number of fused-ring (bicyclic) bond motifs is 1. The second-order valence-electron chi connectivity index (χ2n) is 6.92. The Morgan fingerprint density at radius 2 is 1.81 bits per heavy atom. The maximum atomic E-state index is 6.48. The molecular weight excluding hydrogens is 258 g/mol. The lowest BCUT2D eigenvalue weighted by Gasteiger charge is -2.45. The van der Waals surface area contributed by atoms with Crippen molar-refractivity contribution in [3.05, 3.63) is 65.7 Å². The normalized spacial score (nSPS) is 35.9. The van der Waals surface area contributed by atoms with E-state index in [-0.39, 0.29) is 11.3 Å². The van der Waals surface area contributed by atoms with Crippen LogP contribution < -0.4 is 4.90 Å². The van der Waals surface area contributed by atoms with E-state index >= 15 is 0 Å². The summed E-state index contributed by atoms with van der Waals surface area (Å²) < 4.78 is 6.48. The number of nitrogens with zero attached hydrogens (tertiary/aromatic N) is 1. The van der Waals surface area contributed by atoms with Crippen molar-refractivity contribution in [3.63, 3.8) is 0 Å². The molecule has 106 valence electrons. The third-order valence-corrected chi connectivity index (χ3v) is 5.60. The molecular formula is C19H19NO. The van der Waals surface area contributed by atoms with E-state index in [1.807, 2.05) is 0 Å². The minimum Gasteiger partial charge on any atom is -0.349 e. The summed E-state index contributed by atoms with van der Waals surface area (Å²) in [5.41, 5.74) is 4.04. The van der Waals surface area contributed by atoms with Crippen LogP contribution in [0.2, 0.25) is 0 Å². The second kappa shape index (κ2) is 3.69. The Hall–Kier alpha value is -1.80. The average Bonchev–Trinajstić information content (AvgIpc) is 2.91. The fraction of sp³-hybridized carbons (Fsp3) is 0.368. The van der Waals surface area contributed by atoms with Crippen LogP contribution in [0.5, 0.6) is 0 Å². The van der Waals surface area contributed by atoms with Crippen molar-refractivity contribution in [2.24, 2.45) is 5.92 Å². The van der Waals surface area contributed by atoms with Crippen molar-refractivity contribution >= 4 is 5.69 Å². The van der Waals surface area contributed by atoms with Gasteiger partial charge in [0, 0.05) is 17.2 Å². The van der Waals surface area contributed by atoms with E-state index in [4.69, 9.17) is 4.74 Å². The van der Waals surface area contributed by atoms with E-state index in [1.54, 1.807) is 0 Å². The van der Waals surface area contributed by atoms with Crippen LogP contribution >= 0.6 is 0 Å². The van der Waals surface area contributed by atoms with Crippen molar-refractivity contribution in [3.8, 4) is 0 Å². The van der Waals surface area contributed by atoms with Crippen LogP contribution in [0.15, 0.2) is 54.6 Å². The second-order valence-corrected chi connectivity index (χ2v) is 6.92. The van der Waals surface area contributed by atoms with Gasteiger partial charge in [0.2, 0.25) is 0 Å². The number of rotatable bonds is 1. The molecule has 2 heteroatoms. The van der Waals surface area contributed by atoms with Gasteiger partial charge in [-0.15, -0.1) is 0 Å². The summed E-state index contributed by atoms with van der Waals surface area (Å²) in [6.07, 6.45) is 2.34. The first-order valence-corrected chi connectivity index (χ1v) is 7.82. The zero-order valence-electron chi connectivity index (χ0n) is 12.3. The van der Waals surface area contributed by atoms with Crippen LogP contribution in [0.3, 0.4) is 0 Å². The molecule has 3 heterocycles. The van der Waals surface area contributed by atoms with Crippen molar-refractivity contribution < 1.29 is 4.74 Å². The Bertz CT molecular complexity index is 713. The molecule has 2 aromatic rings. The number of ether oxygens (including phenoxy) is 1. The van der Waals surface area contributed by atoms with E-state index in [2.05, 4.69) is 66.4 Å². The lowest BCUT2D eigenvalue weighted by atomic mass is 9.79. The summed E-state index contributed by atoms with van der Waals surface area (Å²) in [6, 6.07) is 19.7. The van der Waals surface area contributed by atoms with Crippen molar-refractivity contribution in [1.29, 1.82) is 0 Å². The quantitative estimate of drug-likeness (QED) is 0.788. The summed E-state index contributed by atoms with van der Waals surface area (Å²) in [4.78, 5) is 2.58.